The van der Waals surface area contributed by atoms with Crippen LogP contribution < -0.4 is 10.1 Å². The first-order valence-corrected chi connectivity index (χ1v) is 7.44. The number of alkyl halides is 1. The number of hydrogen-bond donors (Lipinski definition) is 1. The number of hydrogen-bond acceptors (Lipinski definition) is 2. The summed E-state index contributed by atoms with van der Waals surface area (Å²) in [6.07, 6.45) is 0. The number of halogens is 2. The minimum Gasteiger partial charge on any atom is -0.494 e. The van der Waals surface area contributed by atoms with Crippen molar-refractivity contribution >= 4 is 34.8 Å². The maximum absolute atomic E-state index is 12.2. The quantitative estimate of drug-likeness (QED) is 0.808. The van der Waals surface area contributed by atoms with E-state index in [9.17, 15) is 4.79 Å². The van der Waals surface area contributed by atoms with Crippen molar-refractivity contribution in [1.82, 2.24) is 0 Å². The third kappa shape index (κ3) is 3.90. The smallest absolute Gasteiger partial charge is 0.257 e. The van der Waals surface area contributed by atoms with E-state index < -0.39 is 0 Å². The lowest BCUT2D eigenvalue weighted by atomic mass is 10.1. The highest BCUT2D eigenvalue weighted by Crippen LogP contribution is 2.25. The topological polar surface area (TPSA) is 38.3 Å². The molecule has 2 aromatic rings. The molecule has 0 heterocycles. The number of ether oxygens (including phenoxy) is 1. The Bertz CT molecular complexity index is 644. The largest absolute Gasteiger partial charge is 0.494 e. The van der Waals surface area contributed by atoms with Crippen molar-refractivity contribution in [2.45, 2.75) is 12.8 Å². The van der Waals surface area contributed by atoms with Crippen LogP contribution in [0.1, 0.15) is 22.8 Å². The molecular formula is C16H15Cl2NO2. The molecule has 0 fully saturated rings. The SMILES string of the molecule is CCOc1ccc(NC(=O)c2ccccc2Cl)cc1CCl. The molecule has 0 aliphatic heterocycles. The zero-order valence-electron chi connectivity index (χ0n) is 11.5. The molecule has 0 unspecified atom stereocenters. The summed E-state index contributed by atoms with van der Waals surface area (Å²) in [4.78, 5) is 12.2. The van der Waals surface area contributed by atoms with Crippen molar-refractivity contribution in [3.8, 4) is 5.75 Å². The maximum atomic E-state index is 12.2. The molecule has 0 atom stereocenters. The van der Waals surface area contributed by atoms with Crippen LogP contribution in [0.4, 0.5) is 5.69 Å². The van der Waals surface area contributed by atoms with Crippen LogP contribution in [-0.2, 0) is 5.88 Å². The molecule has 2 aromatic carbocycles. The number of carbonyl (C=O) groups is 1. The van der Waals surface area contributed by atoms with Crippen LogP contribution in [0, 0.1) is 0 Å². The van der Waals surface area contributed by atoms with Crippen molar-refractivity contribution in [3.63, 3.8) is 0 Å². The lowest BCUT2D eigenvalue weighted by Crippen LogP contribution is -2.12. The summed E-state index contributed by atoms with van der Waals surface area (Å²) in [7, 11) is 0. The molecule has 0 saturated carbocycles. The highest BCUT2D eigenvalue weighted by Gasteiger charge is 2.11. The van der Waals surface area contributed by atoms with Gasteiger partial charge in [0.15, 0.2) is 0 Å². The second kappa shape index (κ2) is 7.34. The van der Waals surface area contributed by atoms with Crippen LogP contribution in [0.15, 0.2) is 42.5 Å². The van der Waals surface area contributed by atoms with E-state index in [2.05, 4.69) is 5.32 Å². The fourth-order valence-electron chi connectivity index (χ4n) is 1.90. The fourth-order valence-corrected chi connectivity index (χ4v) is 2.33. The monoisotopic (exact) mass is 323 g/mol. The van der Waals surface area contributed by atoms with Crippen LogP contribution in [-0.4, -0.2) is 12.5 Å². The normalized spacial score (nSPS) is 10.2. The number of nitrogens with one attached hydrogen (secondary N) is 1. The molecule has 5 heteroatoms. The molecule has 1 N–H and O–H groups in total. The molecule has 0 bridgehead atoms. The van der Waals surface area contributed by atoms with Crippen molar-refractivity contribution < 1.29 is 9.53 Å². The number of rotatable bonds is 5. The molecule has 3 nitrogen and oxygen atoms in total. The Hall–Kier alpha value is -1.71. The van der Waals surface area contributed by atoms with Gasteiger partial charge >= 0.3 is 0 Å². The minimum absolute atomic E-state index is 0.259. The van der Waals surface area contributed by atoms with Crippen LogP contribution in [0.5, 0.6) is 5.75 Å². The Labute approximate surface area is 133 Å². The van der Waals surface area contributed by atoms with E-state index in [-0.39, 0.29) is 5.91 Å². The average molecular weight is 324 g/mol. The standard InChI is InChI=1S/C16H15Cl2NO2/c1-2-21-15-8-7-12(9-11(15)10-17)19-16(20)13-5-3-4-6-14(13)18/h3-9H,2,10H2,1H3,(H,19,20). The predicted molar refractivity (Wildman–Crippen MR) is 86.6 cm³/mol. The summed E-state index contributed by atoms with van der Waals surface area (Å²) < 4.78 is 5.47. The van der Waals surface area contributed by atoms with Crippen LogP contribution in [0.25, 0.3) is 0 Å². The first-order chi connectivity index (χ1) is 10.2. The Morgan fingerprint density at radius 2 is 2.00 bits per heavy atom. The fraction of sp³-hybridized carbons (Fsp3) is 0.188. The Morgan fingerprint density at radius 3 is 2.67 bits per heavy atom. The number of anilines is 1. The van der Waals surface area contributed by atoms with Crippen LogP contribution >= 0.6 is 23.2 Å². The predicted octanol–water partition coefficient (Wildman–Crippen LogP) is 4.73. The third-order valence-corrected chi connectivity index (χ3v) is 3.50. The molecule has 1 amide bonds. The zero-order valence-corrected chi connectivity index (χ0v) is 13.0. The molecule has 2 rings (SSSR count). The van der Waals surface area contributed by atoms with Gasteiger partial charge in [0.2, 0.25) is 0 Å². The average Bonchev–Trinajstić information content (AvgIpc) is 2.49. The molecule has 0 spiro atoms. The maximum Gasteiger partial charge on any atom is 0.257 e. The zero-order chi connectivity index (χ0) is 15.2. The van der Waals surface area contributed by atoms with Crippen molar-refractivity contribution in [2.24, 2.45) is 0 Å². The van der Waals surface area contributed by atoms with E-state index in [0.717, 1.165) is 11.3 Å². The first-order valence-electron chi connectivity index (χ1n) is 6.53. The van der Waals surface area contributed by atoms with Gasteiger partial charge in [-0.15, -0.1) is 11.6 Å². The van der Waals surface area contributed by atoms with Gasteiger partial charge in [-0.1, -0.05) is 23.7 Å². The van der Waals surface area contributed by atoms with Crippen LogP contribution in [0.3, 0.4) is 0 Å². The van der Waals surface area contributed by atoms with Crippen molar-refractivity contribution in [2.75, 3.05) is 11.9 Å². The van der Waals surface area contributed by atoms with E-state index in [4.69, 9.17) is 27.9 Å². The van der Waals surface area contributed by atoms with Gasteiger partial charge in [0.1, 0.15) is 5.75 Å². The third-order valence-electron chi connectivity index (χ3n) is 2.88. The summed E-state index contributed by atoms with van der Waals surface area (Å²) in [6, 6.07) is 12.3. The molecule has 0 radical (unpaired) electrons. The van der Waals surface area contributed by atoms with Crippen molar-refractivity contribution in [1.29, 1.82) is 0 Å². The number of benzene rings is 2. The van der Waals surface area contributed by atoms with Gasteiger partial charge in [-0.2, -0.15) is 0 Å². The molecule has 110 valence electrons. The Morgan fingerprint density at radius 1 is 1.24 bits per heavy atom. The van der Waals surface area contributed by atoms with Crippen molar-refractivity contribution in [3.05, 3.63) is 58.6 Å². The molecule has 21 heavy (non-hydrogen) atoms. The molecule has 0 aliphatic rings. The number of carbonyl (C=O) groups excluding carboxylic acids is 1. The summed E-state index contributed by atoms with van der Waals surface area (Å²) in [5.41, 5.74) is 1.91. The first kappa shape index (κ1) is 15.7. The summed E-state index contributed by atoms with van der Waals surface area (Å²) >= 11 is 11.9. The molecule has 0 aromatic heterocycles. The van der Waals surface area contributed by atoms with Gasteiger partial charge in [0.05, 0.1) is 23.1 Å². The molecule has 0 aliphatic carbocycles. The van der Waals surface area contributed by atoms with Gasteiger partial charge in [-0.3, -0.25) is 4.79 Å². The van der Waals surface area contributed by atoms with Gasteiger partial charge in [-0.25, -0.2) is 0 Å². The van der Waals surface area contributed by atoms with Gasteiger partial charge in [0.25, 0.3) is 5.91 Å². The summed E-state index contributed by atoms with van der Waals surface area (Å²) in [5.74, 6) is 0.777. The van der Waals surface area contributed by atoms with E-state index in [1.165, 1.54) is 0 Å². The highest BCUT2D eigenvalue weighted by molar-refractivity contribution is 6.34. The second-order valence-corrected chi connectivity index (χ2v) is 5.00. The van der Waals surface area contributed by atoms with Gasteiger partial charge in [0, 0.05) is 11.3 Å². The molecule has 0 saturated heterocycles. The second-order valence-electron chi connectivity index (χ2n) is 4.32. The Balaban J connectivity index is 2.20. The van der Waals surface area contributed by atoms with Gasteiger partial charge in [-0.05, 0) is 37.3 Å². The molecular weight excluding hydrogens is 309 g/mol. The Kier molecular flexibility index (Phi) is 5.48. The van der Waals surface area contributed by atoms with Crippen LogP contribution in [0.2, 0.25) is 5.02 Å². The van der Waals surface area contributed by atoms with Gasteiger partial charge < -0.3 is 10.1 Å². The summed E-state index contributed by atoms with van der Waals surface area (Å²) in [5, 5.41) is 3.22. The lowest BCUT2D eigenvalue weighted by molar-refractivity contribution is 0.102. The van der Waals surface area contributed by atoms with E-state index in [0.29, 0.717) is 28.8 Å². The van der Waals surface area contributed by atoms with E-state index in [1.54, 1.807) is 42.5 Å². The lowest BCUT2D eigenvalue weighted by Gasteiger charge is -2.11. The number of amides is 1. The van der Waals surface area contributed by atoms with E-state index in [1.807, 2.05) is 6.92 Å². The summed E-state index contributed by atoms with van der Waals surface area (Å²) in [6.45, 7) is 2.47. The minimum atomic E-state index is -0.259. The van der Waals surface area contributed by atoms with E-state index >= 15 is 0 Å². The highest BCUT2D eigenvalue weighted by atomic mass is 35.5.